The highest BCUT2D eigenvalue weighted by Crippen LogP contribution is 2.29. The Labute approximate surface area is 137 Å². The number of halogens is 1. The number of benzene rings is 1. The molecule has 0 spiro atoms. The van der Waals surface area contributed by atoms with Gasteiger partial charge in [0.15, 0.2) is 0 Å². The van der Waals surface area contributed by atoms with Gasteiger partial charge in [0.1, 0.15) is 18.1 Å². The maximum Gasteiger partial charge on any atom is 0.371 e. The molecule has 1 unspecified atom stereocenters. The van der Waals surface area contributed by atoms with Gasteiger partial charge < -0.3 is 19.6 Å². The van der Waals surface area contributed by atoms with Crippen LogP contribution in [-0.2, 0) is 17.8 Å². The molecule has 1 aliphatic heterocycles. The fraction of sp³-hybridized carbons (Fsp3) is 0.250. The first kappa shape index (κ1) is 15.4. The number of carbonyl (C=O) groups is 2. The number of fused-ring (bicyclic) bond motifs is 1. The standard InChI is InChI=1S/C16H14ClNO5/c17-11-1-3-13-9(6-11)5-10(8-22-13)15(19)18-7-12-2-4-14(23-12)16(20)21/h1-4,6,10H,5,7-8H2,(H,18,19)(H,20,21). The molecule has 1 atom stereocenters. The molecule has 3 rings (SSSR count). The van der Waals surface area contributed by atoms with Crippen molar-refractivity contribution >= 4 is 23.5 Å². The molecule has 7 heteroatoms. The maximum atomic E-state index is 12.2. The Balaban J connectivity index is 1.59. The van der Waals surface area contributed by atoms with E-state index in [0.29, 0.717) is 23.8 Å². The van der Waals surface area contributed by atoms with E-state index >= 15 is 0 Å². The highest BCUT2D eigenvalue weighted by Gasteiger charge is 2.26. The number of rotatable bonds is 4. The van der Waals surface area contributed by atoms with Crippen molar-refractivity contribution in [3.63, 3.8) is 0 Å². The summed E-state index contributed by atoms with van der Waals surface area (Å²) < 4.78 is 10.7. The van der Waals surface area contributed by atoms with E-state index in [2.05, 4.69) is 5.32 Å². The van der Waals surface area contributed by atoms with Gasteiger partial charge in [-0.05, 0) is 42.3 Å². The Kier molecular flexibility index (Phi) is 4.25. The van der Waals surface area contributed by atoms with E-state index in [1.165, 1.54) is 12.1 Å². The summed E-state index contributed by atoms with van der Waals surface area (Å²) in [4.78, 5) is 23.0. The molecule has 1 aliphatic rings. The normalized spacial score (nSPS) is 16.3. The van der Waals surface area contributed by atoms with Crippen LogP contribution in [-0.4, -0.2) is 23.6 Å². The van der Waals surface area contributed by atoms with Crippen LogP contribution in [0.2, 0.25) is 5.02 Å². The summed E-state index contributed by atoms with van der Waals surface area (Å²) in [5, 5.41) is 12.1. The number of furan rings is 1. The molecule has 0 aliphatic carbocycles. The van der Waals surface area contributed by atoms with Crippen LogP contribution in [0, 0.1) is 5.92 Å². The van der Waals surface area contributed by atoms with E-state index in [9.17, 15) is 9.59 Å². The van der Waals surface area contributed by atoms with Gasteiger partial charge in [-0.2, -0.15) is 0 Å². The number of hydrogen-bond donors (Lipinski definition) is 2. The third-order valence-electron chi connectivity index (χ3n) is 3.61. The van der Waals surface area contributed by atoms with Crippen molar-refractivity contribution in [3.8, 4) is 5.75 Å². The average molecular weight is 336 g/mol. The zero-order chi connectivity index (χ0) is 16.4. The van der Waals surface area contributed by atoms with Crippen molar-refractivity contribution in [2.75, 3.05) is 6.61 Å². The number of aromatic carboxylic acids is 1. The van der Waals surface area contributed by atoms with Gasteiger partial charge in [0, 0.05) is 5.02 Å². The molecule has 1 aromatic carbocycles. The fourth-order valence-electron chi connectivity index (χ4n) is 2.44. The third kappa shape index (κ3) is 3.48. The molecule has 2 heterocycles. The lowest BCUT2D eigenvalue weighted by Crippen LogP contribution is -2.36. The van der Waals surface area contributed by atoms with Crippen LogP contribution in [0.5, 0.6) is 5.75 Å². The first-order valence-electron chi connectivity index (χ1n) is 7.04. The number of nitrogens with one attached hydrogen (secondary N) is 1. The van der Waals surface area contributed by atoms with Gasteiger partial charge in [0.05, 0.1) is 12.5 Å². The molecule has 0 saturated heterocycles. The zero-order valence-corrected chi connectivity index (χ0v) is 12.8. The van der Waals surface area contributed by atoms with Crippen LogP contribution in [0.1, 0.15) is 21.9 Å². The van der Waals surface area contributed by atoms with Gasteiger partial charge in [-0.3, -0.25) is 4.79 Å². The summed E-state index contributed by atoms with van der Waals surface area (Å²) >= 11 is 5.96. The van der Waals surface area contributed by atoms with Gasteiger partial charge in [0.2, 0.25) is 11.7 Å². The molecule has 0 saturated carbocycles. The molecule has 2 aromatic rings. The molecular weight excluding hydrogens is 322 g/mol. The van der Waals surface area contributed by atoms with Gasteiger partial charge in [0.25, 0.3) is 0 Å². The van der Waals surface area contributed by atoms with E-state index in [4.69, 9.17) is 25.9 Å². The molecule has 120 valence electrons. The minimum atomic E-state index is -1.14. The second kappa shape index (κ2) is 6.34. The van der Waals surface area contributed by atoms with E-state index < -0.39 is 5.97 Å². The molecule has 1 amide bonds. The Bertz CT molecular complexity index is 755. The zero-order valence-electron chi connectivity index (χ0n) is 12.0. The van der Waals surface area contributed by atoms with Crippen molar-refractivity contribution in [2.24, 2.45) is 5.92 Å². The second-order valence-corrected chi connectivity index (χ2v) is 5.69. The van der Waals surface area contributed by atoms with Gasteiger partial charge >= 0.3 is 5.97 Å². The topological polar surface area (TPSA) is 88.8 Å². The number of hydrogen-bond acceptors (Lipinski definition) is 4. The number of carboxylic acids is 1. The van der Waals surface area contributed by atoms with E-state index in [1.54, 1.807) is 18.2 Å². The molecule has 0 radical (unpaired) electrons. The summed E-state index contributed by atoms with van der Waals surface area (Å²) in [6, 6.07) is 8.21. The molecule has 1 aromatic heterocycles. The first-order valence-corrected chi connectivity index (χ1v) is 7.41. The van der Waals surface area contributed by atoms with Gasteiger partial charge in [-0.15, -0.1) is 0 Å². The Morgan fingerprint density at radius 3 is 2.87 bits per heavy atom. The summed E-state index contributed by atoms with van der Waals surface area (Å²) in [7, 11) is 0. The van der Waals surface area contributed by atoms with Crippen LogP contribution in [0.15, 0.2) is 34.7 Å². The second-order valence-electron chi connectivity index (χ2n) is 5.25. The van der Waals surface area contributed by atoms with Gasteiger partial charge in [-0.1, -0.05) is 11.6 Å². The molecule has 0 bridgehead atoms. The highest BCUT2D eigenvalue weighted by atomic mass is 35.5. The molecule has 23 heavy (non-hydrogen) atoms. The largest absolute Gasteiger partial charge is 0.492 e. The van der Waals surface area contributed by atoms with Crippen LogP contribution < -0.4 is 10.1 Å². The van der Waals surface area contributed by atoms with Crippen LogP contribution in [0.25, 0.3) is 0 Å². The van der Waals surface area contributed by atoms with Crippen LogP contribution in [0.3, 0.4) is 0 Å². The summed E-state index contributed by atoms with van der Waals surface area (Å²) in [5.74, 6) is -0.666. The number of amides is 1. The first-order chi connectivity index (χ1) is 11.0. The van der Waals surface area contributed by atoms with Crippen LogP contribution >= 0.6 is 11.6 Å². The molecule has 6 nitrogen and oxygen atoms in total. The molecular formula is C16H14ClNO5. The van der Waals surface area contributed by atoms with E-state index in [-0.39, 0.29) is 24.1 Å². The maximum absolute atomic E-state index is 12.2. The lowest BCUT2D eigenvalue weighted by atomic mass is 9.96. The van der Waals surface area contributed by atoms with E-state index in [0.717, 1.165) is 11.3 Å². The molecule has 0 fully saturated rings. The van der Waals surface area contributed by atoms with Crippen LogP contribution in [0.4, 0.5) is 0 Å². The summed E-state index contributed by atoms with van der Waals surface area (Å²) in [6.45, 7) is 0.421. The van der Waals surface area contributed by atoms with Gasteiger partial charge in [-0.25, -0.2) is 4.79 Å². The Morgan fingerprint density at radius 1 is 1.30 bits per heavy atom. The van der Waals surface area contributed by atoms with Crippen molar-refractivity contribution in [1.29, 1.82) is 0 Å². The van der Waals surface area contributed by atoms with Crippen molar-refractivity contribution in [3.05, 3.63) is 52.4 Å². The average Bonchev–Trinajstić information content (AvgIpc) is 3.01. The van der Waals surface area contributed by atoms with E-state index in [1.807, 2.05) is 0 Å². The SMILES string of the molecule is O=C(O)c1ccc(CNC(=O)C2COc3ccc(Cl)cc3C2)o1. The Morgan fingerprint density at radius 2 is 2.13 bits per heavy atom. The lowest BCUT2D eigenvalue weighted by molar-refractivity contribution is -0.126. The van der Waals surface area contributed by atoms with Crippen molar-refractivity contribution < 1.29 is 23.8 Å². The molecule has 2 N–H and O–H groups in total. The number of carbonyl (C=O) groups excluding carboxylic acids is 1. The third-order valence-corrected chi connectivity index (χ3v) is 3.84. The number of carboxylic acid groups (broad SMARTS) is 1. The summed E-state index contributed by atoms with van der Waals surface area (Å²) in [6.07, 6.45) is 0.542. The summed E-state index contributed by atoms with van der Waals surface area (Å²) in [5.41, 5.74) is 0.898. The van der Waals surface area contributed by atoms with Crippen molar-refractivity contribution in [1.82, 2.24) is 5.32 Å². The quantitative estimate of drug-likeness (QED) is 0.896. The fourth-order valence-corrected chi connectivity index (χ4v) is 2.63. The minimum Gasteiger partial charge on any atom is -0.492 e. The predicted molar refractivity (Wildman–Crippen MR) is 81.7 cm³/mol. The number of ether oxygens (including phenoxy) is 1. The highest BCUT2D eigenvalue weighted by molar-refractivity contribution is 6.30. The van der Waals surface area contributed by atoms with Crippen molar-refractivity contribution in [2.45, 2.75) is 13.0 Å². The minimum absolute atomic E-state index is 0.130. The predicted octanol–water partition coefficient (Wildman–Crippen LogP) is 2.50. The Hall–Kier alpha value is -2.47. The monoisotopic (exact) mass is 335 g/mol. The smallest absolute Gasteiger partial charge is 0.371 e. The lowest BCUT2D eigenvalue weighted by Gasteiger charge is -2.24.